The highest BCUT2D eigenvalue weighted by molar-refractivity contribution is 7.07. The van der Waals surface area contributed by atoms with Gasteiger partial charge in [0.15, 0.2) is 5.96 Å². The molecule has 2 rings (SSSR count). The van der Waals surface area contributed by atoms with Crippen LogP contribution in [-0.2, 0) is 20.1 Å². The van der Waals surface area contributed by atoms with Crippen molar-refractivity contribution in [3.05, 3.63) is 39.3 Å². The summed E-state index contributed by atoms with van der Waals surface area (Å²) < 4.78 is 1.91. The van der Waals surface area contributed by atoms with Gasteiger partial charge in [0.25, 0.3) is 0 Å². The molecule has 0 atom stereocenters. The number of thiophene rings is 1. The van der Waals surface area contributed by atoms with E-state index >= 15 is 0 Å². The van der Waals surface area contributed by atoms with E-state index in [-0.39, 0.29) is 0 Å². The molecule has 5 nitrogen and oxygen atoms in total. The fraction of sp³-hybridized carbons (Fsp3) is 0.429. The Bertz CT molecular complexity index is 583. The van der Waals surface area contributed by atoms with Crippen molar-refractivity contribution in [3.8, 4) is 0 Å². The van der Waals surface area contributed by atoms with E-state index in [1.54, 1.807) is 18.4 Å². The molecule has 0 aliphatic heterocycles. The third-order valence-corrected chi connectivity index (χ3v) is 4.09. The highest BCUT2D eigenvalue weighted by Crippen LogP contribution is 2.11. The minimum absolute atomic E-state index is 0.731. The molecule has 2 aromatic rings. The van der Waals surface area contributed by atoms with Gasteiger partial charge in [0.2, 0.25) is 0 Å². The molecule has 20 heavy (non-hydrogen) atoms. The van der Waals surface area contributed by atoms with Crippen LogP contribution in [0.1, 0.15) is 22.5 Å². The van der Waals surface area contributed by atoms with E-state index in [2.05, 4.69) is 44.5 Å². The van der Waals surface area contributed by atoms with E-state index in [0.29, 0.717) is 0 Å². The van der Waals surface area contributed by atoms with Crippen LogP contribution in [0.2, 0.25) is 0 Å². The maximum Gasteiger partial charge on any atom is 0.191 e. The Labute approximate surface area is 123 Å². The van der Waals surface area contributed by atoms with E-state index in [0.717, 1.165) is 24.7 Å². The Balaban J connectivity index is 1.91. The highest BCUT2D eigenvalue weighted by atomic mass is 32.1. The molecule has 108 valence electrons. The molecule has 0 saturated heterocycles. The summed E-state index contributed by atoms with van der Waals surface area (Å²) in [7, 11) is 3.75. The zero-order valence-electron chi connectivity index (χ0n) is 12.4. The molecule has 0 radical (unpaired) electrons. The summed E-state index contributed by atoms with van der Waals surface area (Å²) in [6.07, 6.45) is 0. The van der Waals surface area contributed by atoms with Gasteiger partial charge in [-0.05, 0) is 36.2 Å². The SMILES string of the molecule is CN=C(NCc1ccsc1)NCc1c(C)nn(C)c1C. The molecule has 0 unspecified atom stereocenters. The average Bonchev–Trinajstić information content (AvgIpc) is 3.02. The summed E-state index contributed by atoms with van der Waals surface area (Å²) >= 11 is 1.70. The number of rotatable bonds is 4. The van der Waals surface area contributed by atoms with Gasteiger partial charge >= 0.3 is 0 Å². The monoisotopic (exact) mass is 291 g/mol. The Morgan fingerprint density at radius 2 is 2.10 bits per heavy atom. The van der Waals surface area contributed by atoms with Crippen LogP contribution in [0.5, 0.6) is 0 Å². The minimum atomic E-state index is 0.731. The highest BCUT2D eigenvalue weighted by Gasteiger charge is 2.09. The first-order valence-corrected chi connectivity index (χ1v) is 7.50. The van der Waals surface area contributed by atoms with E-state index in [9.17, 15) is 0 Å². The predicted molar refractivity (Wildman–Crippen MR) is 84.0 cm³/mol. The topological polar surface area (TPSA) is 54.2 Å². The van der Waals surface area contributed by atoms with Crippen LogP contribution in [0.4, 0.5) is 0 Å². The second-order valence-electron chi connectivity index (χ2n) is 4.68. The van der Waals surface area contributed by atoms with Crippen molar-refractivity contribution in [1.82, 2.24) is 20.4 Å². The lowest BCUT2D eigenvalue weighted by Crippen LogP contribution is -2.36. The van der Waals surface area contributed by atoms with Gasteiger partial charge < -0.3 is 10.6 Å². The van der Waals surface area contributed by atoms with Crippen LogP contribution in [0, 0.1) is 13.8 Å². The fourth-order valence-corrected chi connectivity index (χ4v) is 2.71. The number of aryl methyl sites for hydroxylation is 2. The number of hydrogen-bond donors (Lipinski definition) is 2. The Kier molecular flexibility index (Phi) is 4.79. The molecule has 0 spiro atoms. The van der Waals surface area contributed by atoms with Crippen molar-refractivity contribution in [1.29, 1.82) is 0 Å². The molecule has 0 amide bonds. The number of nitrogens with zero attached hydrogens (tertiary/aromatic N) is 3. The van der Waals surface area contributed by atoms with E-state index in [1.165, 1.54) is 16.8 Å². The summed E-state index contributed by atoms with van der Waals surface area (Å²) in [6, 6.07) is 2.11. The molecule has 2 N–H and O–H groups in total. The predicted octanol–water partition coefficient (Wildman–Crippen LogP) is 1.96. The first-order chi connectivity index (χ1) is 9.61. The maximum absolute atomic E-state index is 4.42. The van der Waals surface area contributed by atoms with Crippen molar-refractivity contribution in [2.24, 2.45) is 12.0 Å². The molecule has 0 saturated carbocycles. The molecular weight excluding hydrogens is 270 g/mol. The first kappa shape index (κ1) is 14.6. The third kappa shape index (κ3) is 3.39. The largest absolute Gasteiger partial charge is 0.352 e. The van der Waals surface area contributed by atoms with Crippen molar-refractivity contribution < 1.29 is 0 Å². The zero-order chi connectivity index (χ0) is 14.5. The van der Waals surface area contributed by atoms with Gasteiger partial charge in [0.1, 0.15) is 0 Å². The Morgan fingerprint density at radius 3 is 2.65 bits per heavy atom. The van der Waals surface area contributed by atoms with Crippen LogP contribution in [-0.4, -0.2) is 22.8 Å². The van der Waals surface area contributed by atoms with Gasteiger partial charge in [-0.15, -0.1) is 0 Å². The first-order valence-electron chi connectivity index (χ1n) is 6.56. The van der Waals surface area contributed by atoms with Gasteiger partial charge in [-0.2, -0.15) is 16.4 Å². The third-order valence-electron chi connectivity index (χ3n) is 3.36. The molecular formula is C14H21N5S. The van der Waals surface area contributed by atoms with Gasteiger partial charge in [0, 0.05) is 38.4 Å². The van der Waals surface area contributed by atoms with Crippen molar-refractivity contribution >= 4 is 17.3 Å². The number of guanidine groups is 1. The van der Waals surface area contributed by atoms with E-state index < -0.39 is 0 Å². The van der Waals surface area contributed by atoms with Crippen molar-refractivity contribution in [3.63, 3.8) is 0 Å². The standard InChI is InChI=1S/C14H21N5S/c1-10-13(11(2)19(4)18-10)8-17-14(15-3)16-7-12-5-6-20-9-12/h5-6,9H,7-8H2,1-4H3,(H2,15,16,17). The normalized spacial score (nSPS) is 11.7. The lowest BCUT2D eigenvalue weighted by molar-refractivity contribution is 0.728. The molecule has 0 aliphatic carbocycles. The quantitative estimate of drug-likeness (QED) is 0.669. The molecule has 2 heterocycles. The van der Waals surface area contributed by atoms with Crippen LogP contribution in [0.3, 0.4) is 0 Å². The smallest absolute Gasteiger partial charge is 0.191 e. The molecule has 6 heteroatoms. The average molecular weight is 291 g/mol. The minimum Gasteiger partial charge on any atom is -0.352 e. The number of nitrogens with one attached hydrogen (secondary N) is 2. The number of aliphatic imine (C=N–C) groups is 1. The molecule has 2 aromatic heterocycles. The second kappa shape index (κ2) is 6.56. The van der Waals surface area contributed by atoms with Gasteiger partial charge in [-0.3, -0.25) is 9.67 Å². The van der Waals surface area contributed by atoms with Crippen LogP contribution in [0.15, 0.2) is 21.8 Å². The summed E-state index contributed by atoms with van der Waals surface area (Å²) in [6.45, 7) is 5.63. The summed E-state index contributed by atoms with van der Waals surface area (Å²) in [5, 5.41) is 15.3. The van der Waals surface area contributed by atoms with Crippen LogP contribution < -0.4 is 10.6 Å². The zero-order valence-corrected chi connectivity index (χ0v) is 13.2. The van der Waals surface area contributed by atoms with Gasteiger partial charge in [0.05, 0.1) is 5.69 Å². The second-order valence-corrected chi connectivity index (χ2v) is 5.46. The molecule has 0 aliphatic rings. The van der Waals surface area contributed by atoms with Crippen molar-refractivity contribution in [2.75, 3.05) is 7.05 Å². The molecule has 0 bridgehead atoms. The lowest BCUT2D eigenvalue weighted by atomic mass is 10.2. The van der Waals surface area contributed by atoms with E-state index in [4.69, 9.17) is 0 Å². The number of aromatic nitrogens is 2. The van der Waals surface area contributed by atoms with E-state index in [1.807, 2.05) is 18.7 Å². The maximum atomic E-state index is 4.42. The molecule has 0 aromatic carbocycles. The van der Waals surface area contributed by atoms with Crippen molar-refractivity contribution in [2.45, 2.75) is 26.9 Å². The van der Waals surface area contributed by atoms with Gasteiger partial charge in [-0.25, -0.2) is 0 Å². The number of hydrogen-bond acceptors (Lipinski definition) is 3. The Hall–Kier alpha value is -1.82. The summed E-state index contributed by atoms with van der Waals surface area (Å²) in [4.78, 5) is 4.24. The fourth-order valence-electron chi connectivity index (χ4n) is 2.05. The Morgan fingerprint density at radius 1 is 1.35 bits per heavy atom. The van der Waals surface area contributed by atoms with Gasteiger partial charge in [-0.1, -0.05) is 0 Å². The summed E-state index contributed by atoms with van der Waals surface area (Å²) in [5.41, 5.74) is 4.74. The molecule has 0 fully saturated rings. The summed E-state index contributed by atoms with van der Waals surface area (Å²) in [5.74, 6) is 0.804. The lowest BCUT2D eigenvalue weighted by Gasteiger charge is -2.11. The van der Waals surface area contributed by atoms with Crippen LogP contribution >= 0.6 is 11.3 Å². The van der Waals surface area contributed by atoms with Crippen LogP contribution in [0.25, 0.3) is 0 Å².